The van der Waals surface area contributed by atoms with Crippen molar-refractivity contribution in [3.05, 3.63) is 77.1 Å². The first-order chi connectivity index (χ1) is 14.1. The summed E-state index contributed by atoms with van der Waals surface area (Å²) in [5.41, 5.74) is 4.12. The van der Waals surface area contributed by atoms with Crippen LogP contribution in [-0.4, -0.2) is 22.4 Å². The topological polar surface area (TPSA) is 81.0 Å². The summed E-state index contributed by atoms with van der Waals surface area (Å²) in [6.45, 7) is 4.30. The van der Waals surface area contributed by atoms with Gasteiger partial charge in [-0.15, -0.1) is 0 Å². The van der Waals surface area contributed by atoms with E-state index in [0.29, 0.717) is 24.3 Å². The first-order valence-electron chi connectivity index (χ1n) is 9.32. The van der Waals surface area contributed by atoms with Crippen LogP contribution in [0.3, 0.4) is 0 Å². The number of ether oxygens (including phenoxy) is 1. The fourth-order valence-electron chi connectivity index (χ4n) is 3.29. The van der Waals surface area contributed by atoms with E-state index < -0.39 is 5.97 Å². The van der Waals surface area contributed by atoms with Gasteiger partial charge in [0.15, 0.2) is 5.69 Å². The molecule has 0 aliphatic heterocycles. The van der Waals surface area contributed by atoms with Crippen molar-refractivity contribution >= 4 is 16.9 Å². The Bertz CT molecular complexity index is 1230. The summed E-state index contributed by atoms with van der Waals surface area (Å²) in [6.07, 6.45) is 0. The zero-order valence-electron chi connectivity index (χ0n) is 16.2. The second-order valence-electron chi connectivity index (χ2n) is 6.69. The number of nitriles is 1. The maximum atomic E-state index is 12.0. The highest BCUT2D eigenvalue weighted by molar-refractivity contribution is 5.88. The van der Waals surface area contributed by atoms with E-state index in [2.05, 4.69) is 11.2 Å². The molecule has 0 spiro atoms. The van der Waals surface area contributed by atoms with Crippen LogP contribution in [0.5, 0.6) is 0 Å². The minimum absolute atomic E-state index is 0.265. The first kappa shape index (κ1) is 18.5. The lowest BCUT2D eigenvalue weighted by atomic mass is 10.1. The van der Waals surface area contributed by atoms with Gasteiger partial charge in [-0.3, -0.25) is 4.68 Å². The standard InChI is InChI=1S/C23H19N3O3/c1-3-28-23(27)20-9-15(2)26(25-20)14-19-11-16(13-24)10-18-12-21(29-22(18)19)17-7-5-4-6-8-17/h4-12H,3,14H2,1-2H3. The van der Waals surface area contributed by atoms with Crippen molar-refractivity contribution in [1.82, 2.24) is 9.78 Å². The van der Waals surface area contributed by atoms with Crippen molar-refractivity contribution < 1.29 is 13.9 Å². The second kappa shape index (κ2) is 7.64. The van der Waals surface area contributed by atoms with E-state index in [-0.39, 0.29) is 5.69 Å². The Kier molecular flexibility index (Phi) is 4.88. The molecule has 0 fully saturated rings. The molecule has 0 radical (unpaired) electrons. The van der Waals surface area contributed by atoms with Crippen LogP contribution >= 0.6 is 0 Å². The van der Waals surface area contributed by atoms with E-state index in [9.17, 15) is 10.1 Å². The van der Waals surface area contributed by atoms with Gasteiger partial charge in [-0.2, -0.15) is 10.4 Å². The van der Waals surface area contributed by atoms with Gasteiger partial charge in [-0.1, -0.05) is 30.3 Å². The predicted octanol–water partition coefficient (Wildman–Crippen LogP) is 4.70. The van der Waals surface area contributed by atoms with Crippen molar-refractivity contribution in [2.24, 2.45) is 0 Å². The number of aryl methyl sites for hydroxylation is 1. The molecule has 2 aromatic carbocycles. The van der Waals surface area contributed by atoms with Gasteiger partial charge in [0.25, 0.3) is 0 Å². The number of carbonyl (C=O) groups is 1. The highest BCUT2D eigenvalue weighted by Crippen LogP contribution is 2.31. The Labute approximate surface area is 167 Å². The number of fused-ring (bicyclic) bond motifs is 1. The van der Waals surface area contributed by atoms with Crippen molar-refractivity contribution in [3.8, 4) is 17.4 Å². The summed E-state index contributed by atoms with van der Waals surface area (Å²) in [6, 6.07) is 19.3. The molecule has 4 aromatic rings. The molecule has 0 aliphatic rings. The summed E-state index contributed by atoms with van der Waals surface area (Å²) in [4.78, 5) is 12.0. The number of hydrogen-bond donors (Lipinski definition) is 0. The monoisotopic (exact) mass is 385 g/mol. The van der Waals surface area contributed by atoms with Crippen LogP contribution in [0.1, 0.15) is 34.2 Å². The number of aromatic nitrogens is 2. The molecule has 0 atom stereocenters. The summed E-state index contributed by atoms with van der Waals surface area (Å²) in [5, 5.41) is 14.7. The molecule has 0 aliphatic carbocycles. The molecule has 0 amide bonds. The third-order valence-corrected chi connectivity index (χ3v) is 4.67. The van der Waals surface area contributed by atoms with Crippen LogP contribution in [0.15, 0.2) is 59.0 Å². The molecule has 4 rings (SSSR count). The van der Waals surface area contributed by atoms with Crippen molar-refractivity contribution in [2.45, 2.75) is 20.4 Å². The Balaban J connectivity index is 1.76. The fourth-order valence-corrected chi connectivity index (χ4v) is 3.29. The smallest absolute Gasteiger partial charge is 0.358 e. The number of hydrogen-bond acceptors (Lipinski definition) is 5. The third-order valence-electron chi connectivity index (χ3n) is 4.67. The van der Waals surface area contributed by atoms with Gasteiger partial charge >= 0.3 is 5.97 Å². The molecule has 6 heteroatoms. The summed E-state index contributed by atoms with van der Waals surface area (Å²) in [7, 11) is 0. The normalized spacial score (nSPS) is 10.8. The largest absolute Gasteiger partial charge is 0.461 e. The van der Waals surface area contributed by atoms with E-state index in [1.165, 1.54) is 0 Å². The Morgan fingerprint density at radius 3 is 2.72 bits per heavy atom. The number of rotatable bonds is 5. The SMILES string of the molecule is CCOC(=O)c1cc(C)n(Cc2cc(C#N)cc3cc(-c4ccccc4)oc23)n1. The molecule has 0 bridgehead atoms. The van der Waals surface area contributed by atoms with E-state index in [0.717, 1.165) is 28.0 Å². The van der Waals surface area contributed by atoms with Gasteiger partial charge in [-0.25, -0.2) is 4.79 Å². The van der Waals surface area contributed by atoms with E-state index in [4.69, 9.17) is 9.15 Å². The first-order valence-corrected chi connectivity index (χ1v) is 9.32. The van der Waals surface area contributed by atoms with Gasteiger partial charge in [0.1, 0.15) is 11.3 Å². The van der Waals surface area contributed by atoms with E-state index in [1.54, 1.807) is 23.7 Å². The molecule has 6 nitrogen and oxygen atoms in total. The Morgan fingerprint density at radius 2 is 2.00 bits per heavy atom. The fraction of sp³-hybridized carbons (Fsp3) is 0.174. The zero-order chi connectivity index (χ0) is 20.4. The van der Waals surface area contributed by atoms with Crippen LogP contribution in [0, 0.1) is 18.3 Å². The van der Waals surface area contributed by atoms with Crippen molar-refractivity contribution in [2.75, 3.05) is 6.61 Å². The highest BCUT2D eigenvalue weighted by atomic mass is 16.5. The van der Waals surface area contributed by atoms with Gasteiger partial charge < -0.3 is 9.15 Å². The maximum absolute atomic E-state index is 12.0. The third kappa shape index (κ3) is 3.63. The van der Waals surface area contributed by atoms with Gasteiger partial charge in [-0.05, 0) is 38.1 Å². The van der Waals surface area contributed by atoms with Crippen LogP contribution in [-0.2, 0) is 11.3 Å². The molecule has 0 unspecified atom stereocenters. The molecule has 2 heterocycles. The maximum Gasteiger partial charge on any atom is 0.358 e. The van der Waals surface area contributed by atoms with Crippen molar-refractivity contribution in [3.63, 3.8) is 0 Å². The number of nitrogens with zero attached hydrogens (tertiary/aromatic N) is 3. The van der Waals surface area contributed by atoms with Crippen LogP contribution in [0.4, 0.5) is 0 Å². The molecule has 0 saturated carbocycles. The summed E-state index contributed by atoms with van der Waals surface area (Å²) in [5.74, 6) is 0.288. The van der Waals surface area contributed by atoms with Crippen LogP contribution in [0.25, 0.3) is 22.3 Å². The number of benzene rings is 2. The zero-order valence-corrected chi connectivity index (χ0v) is 16.2. The Hall–Kier alpha value is -3.85. The Morgan fingerprint density at radius 1 is 1.21 bits per heavy atom. The number of esters is 1. The molecule has 144 valence electrons. The van der Waals surface area contributed by atoms with Gasteiger partial charge in [0.05, 0.1) is 24.8 Å². The van der Waals surface area contributed by atoms with E-state index >= 15 is 0 Å². The van der Waals surface area contributed by atoms with Crippen LogP contribution < -0.4 is 0 Å². The molecular weight excluding hydrogens is 366 g/mol. The van der Waals surface area contributed by atoms with Gasteiger partial charge in [0.2, 0.25) is 0 Å². The summed E-state index contributed by atoms with van der Waals surface area (Å²) >= 11 is 0. The lowest BCUT2D eigenvalue weighted by molar-refractivity contribution is 0.0518. The molecule has 0 N–H and O–H groups in total. The lowest BCUT2D eigenvalue weighted by Gasteiger charge is -2.06. The summed E-state index contributed by atoms with van der Waals surface area (Å²) < 4.78 is 12.9. The average Bonchev–Trinajstić information content (AvgIpc) is 3.33. The minimum atomic E-state index is -0.449. The highest BCUT2D eigenvalue weighted by Gasteiger charge is 2.16. The van der Waals surface area contributed by atoms with Crippen molar-refractivity contribution in [1.29, 1.82) is 5.26 Å². The lowest BCUT2D eigenvalue weighted by Crippen LogP contribution is -2.08. The molecular formula is C23H19N3O3. The second-order valence-corrected chi connectivity index (χ2v) is 6.69. The molecule has 2 aromatic heterocycles. The number of furan rings is 1. The predicted molar refractivity (Wildman–Crippen MR) is 108 cm³/mol. The molecule has 29 heavy (non-hydrogen) atoms. The van der Waals surface area contributed by atoms with Gasteiger partial charge in [0, 0.05) is 22.2 Å². The number of carbonyl (C=O) groups excluding carboxylic acids is 1. The van der Waals surface area contributed by atoms with E-state index in [1.807, 2.05) is 49.4 Å². The minimum Gasteiger partial charge on any atom is -0.461 e. The molecule has 0 saturated heterocycles. The quantitative estimate of drug-likeness (QED) is 0.465. The van der Waals surface area contributed by atoms with Crippen LogP contribution in [0.2, 0.25) is 0 Å². The average molecular weight is 385 g/mol.